The third kappa shape index (κ3) is 2.30. The minimum Gasteiger partial charge on any atom is -0.478 e. The molecule has 0 aliphatic carbocycles. The van der Waals surface area contributed by atoms with Crippen LogP contribution in [0, 0.1) is 5.82 Å². The molecule has 94 valence electrons. The SMILES string of the molecule is Cn1ccnc1Sc1cc(F)c(C(=O)O)cc1N. The molecule has 1 aromatic heterocycles. The Morgan fingerprint density at radius 3 is 2.83 bits per heavy atom. The van der Waals surface area contributed by atoms with Crippen molar-refractivity contribution in [2.45, 2.75) is 10.1 Å². The summed E-state index contributed by atoms with van der Waals surface area (Å²) < 4.78 is 15.3. The molecular formula is C11H10FN3O2S. The Balaban J connectivity index is 2.38. The summed E-state index contributed by atoms with van der Waals surface area (Å²) in [5.41, 5.74) is 5.48. The Morgan fingerprint density at radius 1 is 1.56 bits per heavy atom. The number of benzene rings is 1. The normalized spacial score (nSPS) is 10.6. The highest BCUT2D eigenvalue weighted by molar-refractivity contribution is 7.99. The first kappa shape index (κ1) is 12.4. The summed E-state index contributed by atoms with van der Waals surface area (Å²) in [6.45, 7) is 0. The summed E-state index contributed by atoms with van der Waals surface area (Å²) >= 11 is 1.18. The number of aryl methyl sites for hydroxylation is 1. The molecule has 0 saturated heterocycles. The number of carboxylic acids is 1. The minimum atomic E-state index is -1.34. The van der Waals surface area contributed by atoms with Gasteiger partial charge in [0.15, 0.2) is 5.16 Å². The highest BCUT2D eigenvalue weighted by Crippen LogP contribution is 2.32. The Labute approximate surface area is 106 Å². The summed E-state index contributed by atoms with van der Waals surface area (Å²) in [6, 6.07) is 2.22. The van der Waals surface area contributed by atoms with Gasteiger partial charge in [-0.15, -0.1) is 0 Å². The van der Waals surface area contributed by atoms with Crippen LogP contribution in [0.3, 0.4) is 0 Å². The lowest BCUT2D eigenvalue weighted by Gasteiger charge is -2.07. The molecule has 0 aliphatic rings. The van der Waals surface area contributed by atoms with Crippen LogP contribution in [0.15, 0.2) is 34.6 Å². The van der Waals surface area contributed by atoms with Crippen molar-refractivity contribution in [2.24, 2.45) is 7.05 Å². The van der Waals surface area contributed by atoms with Gasteiger partial charge in [-0.1, -0.05) is 0 Å². The van der Waals surface area contributed by atoms with E-state index < -0.39 is 17.3 Å². The lowest BCUT2D eigenvalue weighted by atomic mass is 10.2. The van der Waals surface area contributed by atoms with Crippen molar-refractivity contribution in [2.75, 3.05) is 5.73 Å². The maximum Gasteiger partial charge on any atom is 0.338 e. The lowest BCUT2D eigenvalue weighted by Crippen LogP contribution is -2.03. The van der Waals surface area contributed by atoms with E-state index in [-0.39, 0.29) is 5.69 Å². The van der Waals surface area contributed by atoms with E-state index in [9.17, 15) is 9.18 Å². The van der Waals surface area contributed by atoms with Gasteiger partial charge >= 0.3 is 5.97 Å². The predicted molar refractivity (Wildman–Crippen MR) is 65.1 cm³/mol. The molecule has 0 radical (unpaired) electrons. The first-order valence-electron chi connectivity index (χ1n) is 4.96. The zero-order valence-corrected chi connectivity index (χ0v) is 10.2. The summed E-state index contributed by atoms with van der Waals surface area (Å²) in [7, 11) is 1.80. The van der Waals surface area contributed by atoms with Gasteiger partial charge in [-0.05, 0) is 23.9 Å². The molecule has 0 saturated carbocycles. The lowest BCUT2D eigenvalue weighted by molar-refractivity contribution is 0.0692. The van der Waals surface area contributed by atoms with Crippen molar-refractivity contribution in [1.82, 2.24) is 9.55 Å². The van der Waals surface area contributed by atoms with Gasteiger partial charge in [-0.2, -0.15) is 0 Å². The van der Waals surface area contributed by atoms with Gasteiger partial charge in [0.2, 0.25) is 0 Å². The average molecular weight is 267 g/mol. The molecule has 0 unspecified atom stereocenters. The van der Waals surface area contributed by atoms with Crippen LogP contribution in [0.25, 0.3) is 0 Å². The van der Waals surface area contributed by atoms with Gasteiger partial charge in [0.05, 0.1) is 5.56 Å². The largest absolute Gasteiger partial charge is 0.478 e. The standard InChI is InChI=1S/C11H10FN3O2S/c1-15-3-2-14-11(15)18-9-5-7(12)6(10(16)17)4-8(9)13/h2-5H,13H2,1H3,(H,16,17). The number of nitrogens with two attached hydrogens (primary N) is 1. The first-order chi connectivity index (χ1) is 8.49. The van der Waals surface area contributed by atoms with Crippen molar-refractivity contribution >= 4 is 23.4 Å². The van der Waals surface area contributed by atoms with Gasteiger partial charge in [0.1, 0.15) is 5.82 Å². The van der Waals surface area contributed by atoms with Crippen molar-refractivity contribution in [1.29, 1.82) is 0 Å². The van der Waals surface area contributed by atoms with Crippen molar-refractivity contribution in [3.8, 4) is 0 Å². The van der Waals surface area contributed by atoms with Crippen LogP contribution in [0.5, 0.6) is 0 Å². The summed E-state index contributed by atoms with van der Waals surface area (Å²) in [6.07, 6.45) is 3.36. The summed E-state index contributed by atoms with van der Waals surface area (Å²) in [5.74, 6) is -2.15. The summed E-state index contributed by atoms with van der Waals surface area (Å²) in [4.78, 5) is 15.2. The van der Waals surface area contributed by atoms with E-state index in [0.29, 0.717) is 10.1 Å². The monoisotopic (exact) mass is 267 g/mol. The smallest absolute Gasteiger partial charge is 0.338 e. The third-order valence-corrected chi connectivity index (χ3v) is 3.46. The Hall–Kier alpha value is -2.02. The summed E-state index contributed by atoms with van der Waals surface area (Å²) in [5, 5.41) is 9.41. The number of hydrogen-bond acceptors (Lipinski definition) is 4. The van der Waals surface area contributed by atoms with Crippen LogP contribution in [-0.4, -0.2) is 20.6 Å². The second-order valence-corrected chi connectivity index (χ2v) is 4.61. The van der Waals surface area contributed by atoms with E-state index in [1.54, 1.807) is 24.0 Å². The molecule has 7 heteroatoms. The fraction of sp³-hybridized carbons (Fsp3) is 0.0909. The zero-order chi connectivity index (χ0) is 13.3. The quantitative estimate of drug-likeness (QED) is 0.831. The second kappa shape index (κ2) is 4.69. The number of aromatic carboxylic acids is 1. The van der Waals surface area contributed by atoms with Crippen molar-refractivity contribution in [3.63, 3.8) is 0 Å². The molecule has 0 fully saturated rings. The number of hydrogen-bond donors (Lipinski definition) is 2. The molecular weight excluding hydrogens is 257 g/mol. The topological polar surface area (TPSA) is 81.1 Å². The highest BCUT2D eigenvalue weighted by Gasteiger charge is 2.15. The molecule has 0 spiro atoms. The highest BCUT2D eigenvalue weighted by atomic mass is 32.2. The van der Waals surface area contributed by atoms with Gasteiger partial charge < -0.3 is 15.4 Å². The van der Waals surface area contributed by atoms with Crippen molar-refractivity contribution in [3.05, 3.63) is 35.9 Å². The van der Waals surface area contributed by atoms with E-state index in [1.165, 1.54) is 11.8 Å². The van der Waals surface area contributed by atoms with Gasteiger partial charge in [0, 0.05) is 30.0 Å². The Bertz CT molecular complexity index is 612. The molecule has 0 aliphatic heterocycles. The number of aromatic nitrogens is 2. The van der Waals surface area contributed by atoms with Crippen LogP contribution in [0.1, 0.15) is 10.4 Å². The van der Waals surface area contributed by atoms with Gasteiger partial charge in [-0.3, -0.25) is 0 Å². The molecule has 3 N–H and O–H groups in total. The molecule has 1 heterocycles. The first-order valence-corrected chi connectivity index (χ1v) is 5.78. The Morgan fingerprint density at radius 2 is 2.28 bits per heavy atom. The predicted octanol–water partition coefficient (Wildman–Crippen LogP) is 1.99. The van der Waals surface area contributed by atoms with Crippen LogP contribution < -0.4 is 5.73 Å². The van der Waals surface area contributed by atoms with E-state index in [2.05, 4.69) is 4.98 Å². The van der Waals surface area contributed by atoms with E-state index in [4.69, 9.17) is 10.8 Å². The molecule has 5 nitrogen and oxygen atoms in total. The molecule has 0 bridgehead atoms. The number of nitrogens with zero attached hydrogens (tertiary/aromatic N) is 2. The molecule has 0 atom stereocenters. The minimum absolute atomic E-state index is 0.210. The number of anilines is 1. The number of carbonyl (C=O) groups is 1. The fourth-order valence-corrected chi connectivity index (χ4v) is 2.23. The maximum atomic E-state index is 13.5. The van der Waals surface area contributed by atoms with Crippen LogP contribution >= 0.6 is 11.8 Å². The van der Waals surface area contributed by atoms with Crippen LogP contribution in [-0.2, 0) is 7.05 Å². The molecule has 2 aromatic rings. The third-order valence-electron chi connectivity index (χ3n) is 2.31. The average Bonchev–Trinajstić information content (AvgIpc) is 2.69. The van der Waals surface area contributed by atoms with Gasteiger partial charge in [-0.25, -0.2) is 14.2 Å². The maximum absolute atomic E-state index is 13.5. The molecule has 2 rings (SSSR count). The molecule has 1 aromatic carbocycles. The molecule has 18 heavy (non-hydrogen) atoms. The number of nitrogen functional groups attached to an aromatic ring is 1. The van der Waals surface area contributed by atoms with Crippen LogP contribution in [0.2, 0.25) is 0 Å². The Kier molecular flexibility index (Phi) is 3.24. The number of rotatable bonds is 3. The second-order valence-electron chi connectivity index (χ2n) is 3.60. The van der Waals surface area contributed by atoms with Crippen molar-refractivity contribution < 1.29 is 14.3 Å². The van der Waals surface area contributed by atoms with Gasteiger partial charge in [0.25, 0.3) is 0 Å². The number of carboxylic acid groups (broad SMARTS) is 1. The number of imidazole rings is 1. The van der Waals surface area contributed by atoms with E-state index >= 15 is 0 Å². The van der Waals surface area contributed by atoms with Crippen LogP contribution in [0.4, 0.5) is 10.1 Å². The zero-order valence-electron chi connectivity index (χ0n) is 9.42. The number of halogens is 1. The molecule has 0 amide bonds. The fourth-order valence-electron chi connectivity index (χ4n) is 1.37. The van der Waals surface area contributed by atoms with E-state index in [1.807, 2.05) is 0 Å². The van der Waals surface area contributed by atoms with E-state index in [0.717, 1.165) is 12.1 Å².